The van der Waals surface area contributed by atoms with E-state index in [1.165, 1.54) is 6.92 Å². The minimum Gasteiger partial charge on any atom is -0.492 e. The Balaban J connectivity index is 1.73. The number of carboxylic acid groups (broad SMARTS) is 1. The standard InChI is InChI=1S/C27H29FN2O4/c1-4-34-23-6-5-15-29-22(23)16-19-9-13-20(14-10-19)24(28)26(31)30-25(18(3)27(32)33)21-11-7-17(2)8-12-21/h5-15,18,24-25H,4,16H2,1-3H3,(H,30,31)(H,32,33)/t18-,24+,25+/m1/s1. The fraction of sp³-hybridized carbons (Fsp3) is 0.296. The van der Waals surface area contributed by atoms with Gasteiger partial charge in [0.05, 0.1) is 24.3 Å². The number of rotatable bonds is 10. The van der Waals surface area contributed by atoms with E-state index in [0.29, 0.717) is 24.3 Å². The van der Waals surface area contributed by atoms with Crippen molar-refractivity contribution in [3.05, 3.63) is 94.8 Å². The maximum Gasteiger partial charge on any atom is 0.308 e. The molecule has 0 saturated heterocycles. The number of alkyl halides is 1. The lowest BCUT2D eigenvalue weighted by Gasteiger charge is -2.24. The molecule has 0 unspecified atom stereocenters. The van der Waals surface area contributed by atoms with Gasteiger partial charge >= 0.3 is 5.97 Å². The molecular weight excluding hydrogens is 435 g/mol. The number of aliphatic carboxylic acids is 1. The quantitative estimate of drug-likeness (QED) is 0.442. The van der Waals surface area contributed by atoms with Crippen molar-refractivity contribution in [3.8, 4) is 5.75 Å². The Hall–Kier alpha value is -3.74. The summed E-state index contributed by atoms with van der Waals surface area (Å²) >= 11 is 0. The Labute approximate surface area is 198 Å². The normalized spacial score (nSPS) is 13.5. The molecule has 1 heterocycles. The van der Waals surface area contributed by atoms with E-state index in [1.807, 2.05) is 32.0 Å². The number of carboxylic acids is 1. The molecule has 3 rings (SSSR count). The van der Waals surface area contributed by atoms with E-state index in [0.717, 1.165) is 16.8 Å². The summed E-state index contributed by atoms with van der Waals surface area (Å²) < 4.78 is 20.7. The van der Waals surface area contributed by atoms with Crippen molar-refractivity contribution >= 4 is 11.9 Å². The number of benzene rings is 2. The second-order valence-electron chi connectivity index (χ2n) is 8.19. The molecule has 1 amide bonds. The van der Waals surface area contributed by atoms with E-state index in [9.17, 15) is 14.7 Å². The molecule has 0 radical (unpaired) electrons. The second-order valence-corrected chi connectivity index (χ2v) is 8.19. The predicted molar refractivity (Wildman–Crippen MR) is 127 cm³/mol. The van der Waals surface area contributed by atoms with Crippen LogP contribution in [0, 0.1) is 12.8 Å². The number of hydrogen-bond donors (Lipinski definition) is 2. The summed E-state index contributed by atoms with van der Waals surface area (Å²) in [4.78, 5) is 28.7. The number of amides is 1. The van der Waals surface area contributed by atoms with Crippen molar-refractivity contribution in [2.75, 3.05) is 6.61 Å². The van der Waals surface area contributed by atoms with E-state index in [4.69, 9.17) is 4.74 Å². The van der Waals surface area contributed by atoms with E-state index in [2.05, 4.69) is 10.3 Å². The molecule has 3 aromatic rings. The third-order valence-corrected chi connectivity index (χ3v) is 5.65. The smallest absolute Gasteiger partial charge is 0.308 e. The molecule has 0 aliphatic rings. The number of carbonyl (C=O) groups is 2. The van der Waals surface area contributed by atoms with Crippen LogP contribution in [0.5, 0.6) is 5.75 Å². The van der Waals surface area contributed by atoms with Crippen LogP contribution >= 0.6 is 0 Å². The Morgan fingerprint density at radius 1 is 1.06 bits per heavy atom. The molecule has 7 heteroatoms. The van der Waals surface area contributed by atoms with Crippen LogP contribution in [0.15, 0.2) is 66.9 Å². The van der Waals surface area contributed by atoms with Crippen LogP contribution in [0.4, 0.5) is 4.39 Å². The molecule has 3 atom stereocenters. The Kier molecular flexibility index (Phi) is 8.35. The topological polar surface area (TPSA) is 88.5 Å². The maximum atomic E-state index is 15.1. The highest BCUT2D eigenvalue weighted by molar-refractivity contribution is 5.83. The van der Waals surface area contributed by atoms with Gasteiger partial charge in [0.15, 0.2) is 0 Å². The van der Waals surface area contributed by atoms with Crippen LogP contribution in [0.1, 0.15) is 54.0 Å². The third kappa shape index (κ3) is 6.19. The van der Waals surface area contributed by atoms with Gasteiger partial charge in [0.25, 0.3) is 5.91 Å². The first-order chi connectivity index (χ1) is 16.3. The summed E-state index contributed by atoms with van der Waals surface area (Å²) in [6.45, 7) is 5.83. The highest BCUT2D eigenvalue weighted by atomic mass is 19.1. The molecule has 34 heavy (non-hydrogen) atoms. The highest BCUT2D eigenvalue weighted by Gasteiger charge is 2.30. The van der Waals surface area contributed by atoms with E-state index >= 15 is 4.39 Å². The van der Waals surface area contributed by atoms with Crippen LogP contribution in [-0.4, -0.2) is 28.6 Å². The average molecular weight is 465 g/mol. The number of hydrogen-bond acceptors (Lipinski definition) is 4. The maximum absolute atomic E-state index is 15.1. The van der Waals surface area contributed by atoms with E-state index in [1.54, 1.807) is 48.7 Å². The molecule has 1 aromatic heterocycles. The molecule has 2 aromatic carbocycles. The number of nitrogens with zero attached hydrogens (tertiary/aromatic N) is 1. The van der Waals surface area contributed by atoms with Crippen LogP contribution in [0.25, 0.3) is 0 Å². The number of aromatic nitrogens is 1. The Morgan fingerprint density at radius 3 is 2.32 bits per heavy atom. The lowest BCUT2D eigenvalue weighted by Crippen LogP contribution is -2.37. The van der Waals surface area contributed by atoms with Crippen molar-refractivity contribution < 1.29 is 23.8 Å². The molecule has 6 nitrogen and oxygen atoms in total. The molecule has 0 spiro atoms. The first-order valence-corrected chi connectivity index (χ1v) is 11.2. The number of pyridine rings is 1. The van der Waals surface area contributed by atoms with Crippen LogP contribution in [0.2, 0.25) is 0 Å². The van der Waals surface area contributed by atoms with Crippen molar-refractivity contribution in [3.63, 3.8) is 0 Å². The molecule has 0 aliphatic heterocycles. The Morgan fingerprint density at radius 2 is 1.71 bits per heavy atom. The first-order valence-electron chi connectivity index (χ1n) is 11.2. The van der Waals surface area contributed by atoms with Gasteiger partial charge < -0.3 is 15.2 Å². The van der Waals surface area contributed by atoms with E-state index in [-0.39, 0.29) is 5.56 Å². The number of carbonyl (C=O) groups excluding carboxylic acids is 1. The van der Waals surface area contributed by atoms with Gasteiger partial charge in [-0.3, -0.25) is 14.6 Å². The zero-order valence-corrected chi connectivity index (χ0v) is 19.5. The second kappa shape index (κ2) is 11.4. The minimum atomic E-state index is -1.93. The minimum absolute atomic E-state index is 0.193. The number of aryl methyl sites for hydroxylation is 1. The lowest BCUT2D eigenvalue weighted by molar-refractivity contribution is -0.142. The third-order valence-electron chi connectivity index (χ3n) is 5.65. The van der Waals surface area contributed by atoms with Gasteiger partial charge in [-0.2, -0.15) is 0 Å². The number of halogens is 1. The molecular formula is C27H29FN2O4. The molecule has 0 saturated carbocycles. The monoisotopic (exact) mass is 464 g/mol. The largest absolute Gasteiger partial charge is 0.492 e. The summed E-state index contributed by atoms with van der Waals surface area (Å²) in [7, 11) is 0. The van der Waals surface area contributed by atoms with Crippen molar-refractivity contribution in [2.45, 2.75) is 39.4 Å². The first kappa shape index (κ1) is 24.9. The van der Waals surface area contributed by atoms with Crippen LogP contribution < -0.4 is 10.1 Å². The number of nitrogens with one attached hydrogen (secondary N) is 1. The summed E-state index contributed by atoms with van der Waals surface area (Å²) in [5, 5.41) is 12.1. The zero-order chi connectivity index (χ0) is 24.7. The Bertz CT molecular complexity index is 1120. The summed E-state index contributed by atoms with van der Waals surface area (Å²) in [6, 6.07) is 16.6. The highest BCUT2D eigenvalue weighted by Crippen LogP contribution is 2.26. The fourth-order valence-corrected chi connectivity index (χ4v) is 3.63. The van der Waals surface area contributed by atoms with Crippen LogP contribution in [0.3, 0.4) is 0 Å². The van der Waals surface area contributed by atoms with Gasteiger partial charge in [-0.1, -0.05) is 54.1 Å². The number of ether oxygens (including phenoxy) is 1. The van der Waals surface area contributed by atoms with Gasteiger partial charge in [-0.25, -0.2) is 4.39 Å². The summed E-state index contributed by atoms with van der Waals surface area (Å²) in [5.74, 6) is -2.19. The van der Waals surface area contributed by atoms with Crippen molar-refractivity contribution in [2.24, 2.45) is 5.92 Å². The summed E-state index contributed by atoms with van der Waals surface area (Å²) in [6.07, 6.45) is 0.263. The lowest BCUT2D eigenvalue weighted by atomic mass is 9.93. The van der Waals surface area contributed by atoms with Crippen LogP contribution in [-0.2, 0) is 16.0 Å². The van der Waals surface area contributed by atoms with Gasteiger partial charge in [-0.05, 0) is 49.6 Å². The molecule has 2 N–H and O–H groups in total. The van der Waals surface area contributed by atoms with Gasteiger partial charge in [0, 0.05) is 12.6 Å². The molecule has 0 fully saturated rings. The van der Waals surface area contributed by atoms with Crippen molar-refractivity contribution in [1.82, 2.24) is 10.3 Å². The van der Waals surface area contributed by atoms with Gasteiger partial charge in [0.1, 0.15) is 5.75 Å². The molecule has 178 valence electrons. The zero-order valence-electron chi connectivity index (χ0n) is 19.5. The predicted octanol–water partition coefficient (Wildman–Crippen LogP) is 4.97. The average Bonchev–Trinajstić information content (AvgIpc) is 2.84. The van der Waals surface area contributed by atoms with Gasteiger partial charge in [-0.15, -0.1) is 0 Å². The van der Waals surface area contributed by atoms with Crippen molar-refractivity contribution in [1.29, 1.82) is 0 Å². The summed E-state index contributed by atoms with van der Waals surface area (Å²) in [5.41, 5.74) is 3.47. The molecule has 0 aliphatic carbocycles. The van der Waals surface area contributed by atoms with E-state index < -0.39 is 30.0 Å². The molecule has 0 bridgehead atoms. The fourth-order valence-electron chi connectivity index (χ4n) is 3.63. The SMILES string of the molecule is CCOc1cccnc1Cc1ccc([C@H](F)C(=O)N[C@H](c2ccc(C)cc2)[C@@H](C)C(=O)O)cc1. The van der Waals surface area contributed by atoms with Gasteiger partial charge in [0.2, 0.25) is 6.17 Å².